The number of hydrogen-bond acceptors (Lipinski definition) is 5. The maximum Gasteiger partial charge on any atom is 0.277 e. The Bertz CT molecular complexity index is 901. The third kappa shape index (κ3) is 3.01. The summed E-state index contributed by atoms with van der Waals surface area (Å²) in [6.45, 7) is 1.97. The quantitative estimate of drug-likeness (QED) is 0.838. The van der Waals surface area contributed by atoms with Crippen LogP contribution in [0.3, 0.4) is 0 Å². The summed E-state index contributed by atoms with van der Waals surface area (Å²) in [6, 6.07) is 12.7. The Kier molecular flexibility index (Phi) is 4.67. The number of amides is 2. The predicted octanol–water partition coefficient (Wildman–Crippen LogP) is 2.83. The number of hydrogen-bond donors (Lipinski definition) is 1. The number of aryl methyl sites for hydroxylation is 1. The number of likely N-dealkylation sites (N-methyl/N-ethyl adjacent to an activating group) is 1. The van der Waals surface area contributed by atoms with Crippen LogP contribution >= 0.6 is 0 Å². The van der Waals surface area contributed by atoms with Gasteiger partial charge in [-0.3, -0.25) is 14.5 Å². The molecule has 1 aliphatic rings. The van der Waals surface area contributed by atoms with E-state index in [0.717, 1.165) is 10.5 Å². The summed E-state index contributed by atoms with van der Waals surface area (Å²) in [4.78, 5) is 26.3. The van der Waals surface area contributed by atoms with Gasteiger partial charge in [0.2, 0.25) is 0 Å². The first-order valence-electron chi connectivity index (χ1n) is 8.09. The highest BCUT2D eigenvalue weighted by molar-refractivity contribution is 6.36. The van der Waals surface area contributed by atoms with E-state index in [1.807, 2.05) is 31.2 Å². The van der Waals surface area contributed by atoms with Crippen molar-refractivity contribution in [3.05, 3.63) is 59.3 Å². The fourth-order valence-electron chi connectivity index (χ4n) is 2.78. The van der Waals surface area contributed by atoms with Crippen molar-refractivity contribution in [2.45, 2.75) is 6.92 Å². The second-order valence-electron chi connectivity index (χ2n) is 5.98. The third-order valence-corrected chi connectivity index (χ3v) is 4.30. The lowest BCUT2D eigenvalue weighted by molar-refractivity contribution is -0.135. The molecule has 0 saturated carbocycles. The normalized spacial score (nSPS) is 14.1. The van der Waals surface area contributed by atoms with Gasteiger partial charge >= 0.3 is 0 Å². The molecule has 6 heteroatoms. The molecular weight excluding hydrogens is 332 g/mol. The van der Waals surface area contributed by atoms with Crippen molar-refractivity contribution in [3.63, 3.8) is 0 Å². The molecule has 26 heavy (non-hydrogen) atoms. The molecule has 0 aliphatic carbocycles. The zero-order chi connectivity index (χ0) is 18.8. The minimum atomic E-state index is -0.386. The van der Waals surface area contributed by atoms with Gasteiger partial charge in [0, 0.05) is 13.1 Å². The molecule has 0 radical (unpaired) electrons. The van der Waals surface area contributed by atoms with E-state index in [0.29, 0.717) is 28.3 Å². The second kappa shape index (κ2) is 6.92. The van der Waals surface area contributed by atoms with Crippen LogP contribution in [0.25, 0.3) is 5.57 Å². The number of anilines is 1. The zero-order valence-corrected chi connectivity index (χ0v) is 15.1. The molecule has 0 fully saturated rings. The lowest BCUT2D eigenvalue weighted by Gasteiger charge is -2.13. The maximum atomic E-state index is 12.6. The molecule has 6 nitrogen and oxygen atoms in total. The molecule has 134 valence electrons. The van der Waals surface area contributed by atoms with Crippen LogP contribution in [0.4, 0.5) is 5.69 Å². The average Bonchev–Trinajstić information content (AvgIpc) is 2.87. The van der Waals surface area contributed by atoms with Gasteiger partial charge in [-0.1, -0.05) is 29.8 Å². The van der Waals surface area contributed by atoms with Crippen molar-refractivity contribution in [1.29, 1.82) is 0 Å². The van der Waals surface area contributed by atoms with Crippen molar-refractivity contribution in [2.24, 2.45) is 0 Å². The zero-order valence-electron chi connectivity index (χ0n) is 15.1. The van der Waals surface area contributed by atoms with E-state index in [-0.39, 0.29) is 17.5 Å². The van der Waals surface area contributed by atoms with Gasteiger partial charge in [0.05, 0.1) is 25.5 Å². The highest BCUT2D eigenvalue weighted by Crippen LogP contribution is 2.34. The van der Waals surface area contributed by atoms with Crippen LogP contribution in [0.2, 0.25) is 0 Å². The van der Waals surface area contributed by atoms with E-state index in [9.17, 15) is 9.59 Å². The topological polar surface area (TPSA) is 67.9 Å². The molecule has 2 amide bonds. The van der Waals surface area contributed by atoms with Gasteiger partial charge in [0.1, 0.15) is 17.2 Å². The van der Waals surface area contributed by atoms with Gasteiger partial charge in [0.25, 0.3) is 11.8 Å². The summed E-state index contributed by atoms with van der Waals surface area (Å²) in [7, 11) is 4.57. The fourth-order valence-corrected chi connectivity index (χ4v) is 2.78. The van der Waals surface area contributed by atoms with Gasteiger partial charge in [-0.25, -0.2) is 0 Å². The molecule has 0 saturated heterocycles. The van der Waals surface area contributed by atoms with Crippen LogP contribution in [0.5, 0.6) is 11.5 Å². The van der Waals surface area contributed by atoms with Crippen LogP contribution in [-0.2, 0) is 9.59 Å². The largest absolute Gasteiger partial charge is 0.497 e. The summed E-state index contributed by atoms with van der Waals surface area (Å²) >= 11 is 0. The molecule has 0 bridgehead atoms. The van der Waals surface area contributed by atoms with Crippen molar-refractivity contribution in [3.8, 4) is 11.5 Å². The van der Waals surface area contributed by atoms with Gasteiger partial charge < -0.3 is 14.8 Å². The first-order valence-corrected chi connectivity index (χ1v) is 8.09. The van der Waals surface area contributed by atoms with E-state index >= 15 is 0 Å². The number of carbonyl (C=O) groups is 2. The summed E-state index contributed by atoms with van der Waals surface area (Å²) in [5, 5.41) is 3.07. The molecule has 1 heterocycles. The summed E-state index contributed by atoms with van der Waals surface area (Å²) < 4.78 is 10.6. The molecule has 2 aromatic carbocycles. The molecule has 1 N–H and O–H groups in total. The van der Waals surface area contributed by atoms with Crippen molar-refractivity contribution in [2.75, 3.05) is 26.6 Å². The first kappa shape index (κ1) is 17.5. The van der Waals surface area contributed by atoms with E-state index < -0.39 is 0 Å². The van der Waals surface area contributed by atoms with E-state index in [1.165, 1.54) is 14.2 Å². The minimum Gasteiger partial charge on any atom is -0.497 e. The standard InChI is InChI=1S/C20H20N2O4/c1-12-5-7-13(8-6-12)17-18(20(24)22(2)19(17)23)21-15-10-9-14(25-3)11-16(15)26-4/h5-11,21H,1-4H3. The summed E-state index contributed by atoms with van der Waals surface area (Å²) in [5.74, 6) is 0.415. The van der Waals surface area contributed by atoms with Crippen molar-refractivity contribution < 1.29 is 19.1 Å². The second-order valence-corrected chi connectivity index (χ2v) is 5.98. The van der Waals surface area contributed by atoms with Crippen LogP contribution in [-0.4, -0.2) is 38.0 Å². The lowest BCUT2D eigenvalue weighted by atomic mass is 10.0. The molecule has 0 spiro atoms. The van der Waals surface area contributed by atoms with E-state index in [4.69, 9.17) is 9.47 Å². The maximum absolute atomic E-state index is 12.6. The summed E-state index contributed by atoms with van der Waals surface area (Å²) in [5.41, 5.74) is 2.91. The monoisotopic (exact) mass is 352 g/mol. The number of nitrogens with one attached hydrogen (secondary N) is 1. The fraction of sp³-hybridized carbons (Fsp3) is 0.200. The van der Waals surface area contributed by atoms with Gasteiger partial charge in [-0.15, -0.1) is 0 Å². The van der Waals surface area contributed by atoms with Crippen LogP contribution < -0.4 is 14.8 Å². The molecule has 0 atom stereocenters. The van der Waals surface area contributed by atoms with Crippen LogP contribution in [0, 0.1) is 6.92 Å². The Hall–Kier alpha value is -3.28. The first-order chi connectivity index (χ1) is 12.5. The molecule has 0 unspecified atom stereocenters. The SMILES string of the molecule is COc1ccc(NC2=C(c3ccc(C)cc3)C(=O)N(C)C2=O)c(OC)c1. The van der Waals surface area contributed by atoms with E-state index in [2.05, 4.69) is 5.32 Å². The summed E-state index contributed by atoms with van der Waals surface area (Å²) in [6.07, 6.45) is 0. The lowest BCUT2D eigenvalue weighted by Crippen LogP contribution is -2.27. The smallest absolute Gasteiger partial charge is 0.277 e. The molecule has 0 aromatic heterocycles. The Morgan fingerprint density at radius 1 is 0.923 bits per heavy atom. The Labute approximate surface area is 152 Å². The number of rotatable bonds is 5. The Morgan fingerprint density at radius 2 is 1.62 bits per heavy atom. The number of ether oxygens (including phenoxy) is 2. The predicted molar refractivity (Wildman–Crippen MR) is 99.0 cm³/mol. The molecule has 3 rings (SSSR count). The minimum absolute atomic E-state index is 0.227. The molecule has 1 aliphatic heterocycles. The van der Waals surface area contributed by atoms with Gasteiger partial charge in [-0.2, -0.15) is 0 Å². The van der Waals surface area contributed by atoms with Gasteiger partial charge in [0.15, 0.2) is 0 Å². The highest BCUT2D eigenvalue weighted by atomic mass is 16.5. The Morgan fingerprint density at radius 3 is 2.23 bits per heavy atom. The van der Waals surface area contributed by atoms with Crippen molar-refractivity contribution >= 4 is 23.1 Å². The highest BCUT2D eigenvalue weighted by Gasteiger charge is 2.37. The third-order valence-electron chi connectivity index (χ3n) is 4.30. The Balaban J connectivity index is 2.08. The molecular formula is C20H20N2O4. The van der Waals surface area contributed by atoms with Gasteiger partial charge in [-0.05, 0) is 24.6 Å². The number of imide groups is 1. The number of carbonyl (C=O) groups excluding carboxylic acids is 2. The van der Waals surface area contributed by atoms with Crippen LogP contribution in [0.1, 0.15) is 11.1 Å². The number of benzene rings is 2. The van der Waals surface area contributed by atoms with Crippen LogP contribution in [0.15, 0.2) is 48.2 Å². The van der Waals surface area contributed by atoms with E-state index in [1.54, 1.807) is 25.3 Å². The number of nitrogens with zero attached hydrogens (tertiary/aromatic N) is 1. The average molecular weight is 352 g/mol. The number of methoxy groups -OCH3 is 2. The van der Waals surface area contributed by atoms with Crippen molar-refractivity contribution in [1.82, 2.24) is 4.90 Å². The molecule has 2 aromatic rings.